The molecule has 0 spiro atoms. The fourth-order valence-corrected chi connectivity index (χ4v) is 2.40. The van der Waals surface area contributed by atoms with Gasteiger partial charge in [0.2, 0.25) is 5.91 Å². The lowest BCUT2D eigenvalue weighted by molar-refractivity contribution is -0.115. The van der Waals surface area contributed by atoms with Crippen molar-refractivity contribution in [3.8, 4) is 0 Å². The fraction of sp³-hybridized carbons (Fsp3) is 0.667. The first-order chi connectivity index (χ1) is 8.16. The lowest BCUT2D eigenvalue weighted by atomic mass is 10.2. The molecule has 1 aliphatic rings. The molecule has 1 saturated heterocycles. The second-order valence-corrected chi connectivity index (χ2v) is 4.75. The normalized spacial score (nSPS) is 19.6. The zero-order valence-corrected chi connectivity index (χ0v) is 10.0. The molecule has 0 bridgehead atoms. The van der Waals surface area contributed by atoms with Crippen LogP contribution in [0.15, 0.2) is 9.95 Å². The summed E-state index contributed by atoms with van der Waals surface area (Å²) in [4.78, 5) is 22.2. The van der Waals surface area contributed by atoms with E-state index in [4.69, 9.17) is 10.5 Å². The molecule has 1 atom stereocenters. The number of aromatic nitrogens is 3. The van der Waals surface area contributed by atoms with E-state index in [1.54, 1.807) is 0 Å². The van der Waals surface area contributed by atoms with Crippen molar-refractivity contribution in [3.05, 3.63) is 10.5 Å². The Balaban J connectivity index is 2.05. The molecule has 0 aromatic carbocycles. The van der Waals surface area contributed by atoms with E-state index in [0.29, 0.717) is 11.7 Å². The van der Waals surface area contributed by atoms with Crippen molar-refractivity contribution in [2.75, 3.05) is 12.4 Å². The van der Waals surface area contributed by atoms with Crippen molar-refractivity contribution in [1.29, 1.82) is 0 Å². The third kappa shape index (κ3) is 3.10. The molecule has 1 fully saturated rings. The van der Waals surface area contributed by atoms with Gasteiger partial charge in [0.05, 0.1) is 18.4 Å². The Labute approximate surface area is 102 Å². The molecule has 3 N–H and O–H groups in total. The lowest BCUT2D eigenvalue weighted by Crippen LogP contribution is -2.25. The molecule has 0 radical (unpaired) electrons. The third-order valence-electron chi connectivity index (χ3n) is 2.48. The molecule has 1 amide bonds. The Morgan fingerprint density at radius 2 is 2.53 bits per heavy atom. The number of aromatic amines is 1. The van der Waals surface area contributed by atoms with E-state index in [9.17, 15) is 9.59 Å². The van der Waals surface area contributed by atoms with Crippen LogP contribution in [-0.2, 0) is 16.1 Å². The summed E-state index contributed by atoms with van der Waals surface area (Å²) < 4.78 is 6.95. The van der Waals surface area contributed by atoms with Gasteiger partial charge in [-0.2, -0.15) is 0 Å². The van der Waals surface area contributed by atoms with Gasteiger partial charge in [-0.25, -0.2) is 9.89 Å². The standard InChI is InChI=1S/C9H14N4O3S/c10-7(14)5-17-9-12-11-8(15)13(9)4-6-2-1-3-16-6/h6H,1-5H2,(H2,10,14)(H,11,15)/t6-/m0/s1. The second kappa shape index (κ2) is 5.37. The topological polar surface area (TPSA) is 103 Å². The number of primary amides is 1. The highest BCUT2D eigenvalue weighted by molar-refractivity contribution is 7.99. The summed E-state index contributed by atoms with van der Waals surface area (Å²) >= 11 is 1.15. The van der Waals surface area contributed by atoms with Crippen molar-refractivity contribution in [1.82, 2.24) is 14.8 Å². The number of nitrogens with two attached hydrogens (primary N) is 1. The Hall–Kier alpha value is -1.28. The van der Waals surface area contributed by atoms with Crippen molar-refractivity contribution in [2.24, 2.45) is 5.73 Å². The predicted molar refractivity (Wildman–Crippen MR) is 61.7 cm³/mol. The molecule has 7 nitrogen and oxygen atoms in total. The van der Waals surface area contributed by atoms with E-state index in [1.807, 2.05) is 0 Å². The Bertz CT molecular complexity index is 449. The maximum absolute atomic E-state index is 11.5. The number of ether oxygens (including phenoxy) is 1. The summed E-state index contributed by atoms with van der Waals surface area (Å²) in [7, 11) is 0. The average Bonchev–Trinajstić information content (AvgIpc) is 2.89. The molecule has 8 heteroatoms. The summed E-state index contributed by atoms with van der Waals surface area (Å²) in [6.45, 7) is 1.21. The fourth-order valence-electron chi connectivity index (χ4n) is 1.70. The number of rotatable bonds is 5. The van der Waals surface area contributed by atoms with E-state index in [1.165, 1.54) is 4.57 Å². The van der Waals surface area contributed by atoms with Crippen molar-refractivity contribution >= 4 is 17.7 Å². The molecular weight excluding hydrogens is 244 g/mol. The number of carbonyl (C=O) groups is 1. The number of thioether (sulfide) groups is 1. The molecule has 17 heavy (non-hydrogen) atoms. The number of hydrogen-bond donors (Lipinski definition) is 2. The Kier molecular flexibility index (Phi) is 3.85. The van der Waals surface area contributed by atoms with Crippen LogP contribution in [0.25, 0.3) is 0 Å². The van der Waals surface area contributed by atoms with Gasteiger partial charge < -0.3 is 10.5 Å². The van der Waals surface area contributed by atoms with E-state index >= 15 is 0 Å². The smallest absolute Gasteiger partial charge is 0.344 e. The van der Waals surface area contributed by atoms with Crippen molar-refractivity contribution in [3.63, 3.8) is 0 Å². The minimum atomic E-state index is -0.436. The van der Waals surface area contributed by atoms with E-state index in [0.717, 1.165) is 31.2 Å². The van der Waals surface area contributed by atoms with Crippen LogP contribution in [0, 0.1) is 0 Å². The minimum absolute atomic E-state index is 0.0539. The lowest BCUT2D eigenvalue weighted by Gasteiger charge is -2.10. The molecule has 1 aromatic rings. The number of carbonyl (C=O) groups excluding carboxylic acids is 1. The summed E-state index contributed by atoms with van der Waals surface area (Å²) in [5.41, 5.74) is 4.77. The van der Waals surface area contributed by atoms with Crippen LogP contribution in [0.5, 0.6) is 0 Å². The second-order valence-electron chi connectivity index (χ2n) is 3.81. The van der Waals surface area contributed by atoms with Crippen LogP contribution in [0.2, 0.25) is 0 Å². The summed E-state index contributed by atoms with van der Waals surface area (Å²) in [5, 5.41) is 6.69. The van der Waals surface area contributed by atoms with Gasteiger partial charge in [-0.3, -0.25) is 9.36 Å². The summed E-state index contributed by atoms with van der Waals surface area (Å²) in [6, 6.07) is 0. The van der Waals surface area contributed by atoms with Crippen LogP contribution in [0.1, 0.15) is 12.8 Å². The number of nitrogens with one attached hydrogen (secondary N) is 1. The van der Waals surface area contributed by atoms with E-state index in [2.05, 4.69) is 10.2 Å². The zero-order valence-electron chi connectivity index (χ0n) is 9.22. The molecule has 1 aliphatic heterocycles. The van der Waals surface area contributed by atoms with Gasteiger partial charge in [0.25, 0.3) is 0 Å². The summed E-state index contributed by atoms with van der Waals surface area (Å²) in [6.07, 6.45) is 2.01. The van der Waals surface area contributed by atoms with Crippen LogP contribution < -0.4 is 11.4 Å². The van der Waals surface area contributed by atoms with Gasteiger partial charge in [-0.05, 0) is 12.8 Å². The Morgan fingerprint density at radius 3 is 3.18 bits per heavy atom. The predicted octanol–water partition coefficient (Wildman–Crippen LogP) is -0.672. The number of hydrogen-bond acceptors (Lipinski definition) is 5. The van der Waals surface area contributed by atoms with Crippen LogP contribution in [0.4, 0.5) is 0 Å². The molecule has 0 saturated carbocycles. The maximum atomic E-state index is 11.5. The highest BCUT2D eigenvalue weighted by Gasteiger charge is 2.19. The molecule has 0 unspecified atom stereocenters. The number of amides is 1. The van der Waals surface area contributed by atoms with Crippen LogP contribution in [-0.4, -0.2) is 39.1 Å². The number of H-pyrrole nitrogens is 1. The summed E-state index contributed by atoms with van der Waals surface area (Å²) in [5.74, 6) is -0.329. The van der Waals surface area contributed by atoms with E-state index < -0.39 is 5.91 Å². The SMILES string of the molecule is NC(=O)CSc1n[nH]c(=O)n1C[C@@H]1CCCO1. The van der Waals surface area contributed by atoms with Crippen molar-refractivity contribution in [2.45, 2.75) is 30.6 Å². The third-order valence-corrected chi connectivity index (χ3v) is 3.48. The first kappa shape index (κ1) is 12.2. The zero-order chi connectivity index (χ0) is 12.3. The highest BCUT2D eigenvalue weighted by atomic mass is 32.2. The average molecular weight is 258 g/mol. The monoisotopic (exact) mass is 258 g/mol. The molecular formula is C9H14N4O3S. The molecule has 94 valence electrons. The number of nitrogens with zero attached hydrogens (tertiary/aromatic N) is 2. The van der Waals surface area contributed by atoms with Gasteiger partial charge in [0, 0.05) is 6.61 Å². The van der Waals surface area contributed by atoms with E-state index in [-0.39, 0.29) is 17.5 Å². The van der Waals surface area contributed by atoms with Gasteiger partial charge in [-0.1, -0.05) is 11.8 Å². The minimum Gasteiger partial charge on any atom is -0.376 e. The first-order valence-electron chi connectivity index (χ1n) is 5.34. The van der Waals surface area contributed by atoms with Gasteiger partial charge in [0.15, 0.2) is 5.16 Å². The van der Waals surface area contributed by atoms with Crippen molar-refractivity contribution < 1.29 is 9.53 Å². The quantitative estimate of drug-likeness (QED) is 0.682. The largest absolute Gasteiger partial charge is 0.376 e. The van der Waals surface area contributed by atoms with Gasteiger partial charge in [-0.15, -0.1) is 5.10 Å². The molecule has 2 rings (SSSR count). The first-order valence-corrected chi connectivity index (χ1v) is 6.33. The molecule has 2 heterocycles. The Morgan fingerprint density at radius 1 is 1.71 bits per heavy atom. The molecule has 0 aliphatic carbocycles. The maximum Gasteiger partial charge on any atom is 0.344 e. The highest BCUT2D eigenvalue weighted by Crippen LogP contribution is 2.17. The molecule has 1 aromatic heterocycles. The van der Waals surface area contributed by atoms with Crippen LogP contribution in [0.3, 0.4) is 0 Å². The van der Waals surface area contributed by atoms with Crippen LogP contribution >= 0.6 is 11.8 Å². The van der Waals surface area contributed by atoms with Gasteiger partial charge in [0.1, 0.15) is 0 Å². The van der Waals surface area contributed by atoms with Gasteiger partial charge >= 0.3 is 5.69 Å².